The standard InChI is InChI=1S/C9H20O3/c1-3-5-6-11-8-9(7-10)12-4-2/h9-10H,3-8H2,1-2H3. The SMILES string of the molecule is CCCCOCC(CO)OCC. The van der Waals surface area contributed by atoms with Gasteiger partial charge < -0.3 is 14.6 Å². The van der Waals surface area contributed by atoms with E-state index in [1.54, 1.807) is 0 Å². The molecule has 1 unspecified atom stereocenters. The van der Waals surface area contributed by atoms with Crippen LogP contribution in [-0.4, -0.2) is 37.6 Å². The Labute approximate surface area is 74.7 Å². The monoisotopic (exact) mass is 176 g/mol. The summed E-state index contributed by atoms with van der Waals surface area (Å²) in [5.41, 5.74) is 0. The highest BCUT2D eigenvalue weighted by atomic mass is 16.5. The first-order valence-corrected chi connectivity index (χ1v) is 4.65. The maximum absolute atomic E-state index is 8.81. The number of hydrogen-bond donors (Lipinski definition) is 1. The first-order valence-electron chi connectivity index (χ1n) is 4.65. The first kappa shape index (κ1) is 11.9. The summed E-state index contributed by atoms with van der Waals surface area (Å²) in [4.78, 5) is 0. The third-order valence-electron chi connectivity index (χ3n) is 1.55. The molecule has 1 N–H and O–H groups in total. The highest BCUT2D eigenvalue weighted by Crippen LogP contribution is 1.94. The van der Waals surface area contributed by atoms with Crippen LogP contribution in [0, 0.1) is 0 Å². The van der Waals surface area contributed by atoms with E-state index in [1.165, 1.54) is 0 Å². The number of aliphatic hydroxyl groups is 1. The van der Waals surface area contributed by atoms with Crippen molar-refractivity contribution in [1.82, 2.24) is 0 Å². The van der Waals surface area contributed by atoms with Crippen molar-refractivity contribution in [3.05, 3.63) is 0 Å². The lowest BCUT2D eigenvalue weighted by Crippen LogP contribution is -2.24. The highest BCUT2D eigenvalue weighted by Gasteiger charge is 2.05. The van der Waals surface area contributed by atoms with E-state index >= 15 is 0 Å². The molecule has 74 valence electrons. The number of unbranched alkanes of at least 4 members (excludes halogenated alkanes) is 1. The van der Waals surface area contributed by atoms with Crippen LogP contribution in [0.2, 0.25) is 0 Å². The van der Waals surface area contributed by atoms with Gasteiger partial charge in [-0.2, -0.15) is 0 Å². The van der Waals surface area contributed by atoms with Gasteiger partial charge in [0, 0.05) is 13.2 Å². The van der Waals surface area contributed by atoms with Gasteiger partial charge in [-0.15, -0.1) is 0 Å². The van der Waals surface area contributed by atoms with E-state index in [4.69, 9.17) is 14.6 Å². The van der Waals surface area contributed by atoms with Crippen molar-refractivity contribution in [2.75, 3.05) is 26.4 Å². The Hall–Kier alpha value is -0.120. The van der Waals surface area contributed by atoms with Crippen LogP contribution in [0.1, 0.15) is 26.7 Å². The van der Waals surface area contributed by atoms with Gasteiger partial charge in [0.05, 0.1) is 13.2 Å². The Morgan fingerprint density at radius 2 is 2.08 bits per heavy atom. The van der Waals surface area contributed by atoms with E-state index in [-0.39, 0.29) is 12.7 Å². The van der Waals surface area contributed by atoms with Crippen molar-refractivity contribution < 1.29 is 14.6 Å². The zero-order valence-electron chi connectivity index (χ0n) is 8.08. The molecule has 0 bridgehead atoms. The van der Waals surface area contributed by atoms with E-state index in [0.29, 0.717) is 13.2 Å². The van der Waals surface area contributed by atoms with Crippen molar-refractivity contribution in [2.24, 2.45) is 0 Å². The second-order valence-corrected chi connectivity index (χ2v) is 2.69. The second kappa shape index (κ2) is 8.97. The second-order valence-electron chi connectivity index (χ2n) is 2.69. The van der Waals surface area contributed by atoms with Crippen LogP contribution in [0.5, 0.6) is 0 Å². The van der Waals surface area contributed by atoms with Crippen molar-refractivity contribution in [1.29, 1.82) is 0 Å². The molecule has 0 saturated heterocycles. The molecular weight excluding hydrogens is 156 g/mol. The number of hydrogen-bond acceptors (Lipinski definition) is 3. The van der Waals surface area contributed by atoms with Crippen LogP contribution < -0.4 is 0 Å². The molecule has 12 heavy (non-hydrogen) atoms. The van der Waals surface area contributed by atoms with Gasteiger partial charge in [-0.25, -0.2) is 0 Å². The third-order valence-corrected chi connectivity index (χ3v) is 1.55. The van der Waals surface area contributed by atoms with Gasteiger partial charge >= 0.3 is 0 Å². The molecule has 0 aromatic carbocycles. The Balaban J connectivity index is 3.19. The predicted molar refractivity (Wildman–Crippen MR) is 48.2 cm³/mol. The van der Waals surface area contributed by atoms with Gasteiger partial charge in [-0.3, -0.25) is 0 Å². The number of ether oxygens (including phenoxy) is 2. The Morgan fingerprint density at radius 3 is 2.58 bits per heavy atom. The summed E-state index contributed by atoms with van der Waals surface area (Å²) in [6.07, 6.45) is 2.06. The molecular formula is C9H20O3. The fraction of sp³-hybridized carbons (Fsp3) is 1.00. The summed E-state index contributed by atoms with van der Waals surface area (Å²) in [6.45, 7) is 5.97. The quantitative estimate of drug-likeness (QED) is 0.565. The lowest BCUT2D eigenvalue weighted by Gasteiger charge is -2.13. The fourth-order valence-corrected chi connectivity index (χ4v) is 0.850. The highest BCUT2D eigenvalue weighted by molar-refractivity contribution is 4.52. The van der Waals surface area contributed by atoms with E-state index in [2.05, 4.69) is 6.92 Å². The van der Waals surface area contributed by atoms with Crippen molar-refractivity contribution >= 4 is 0 Å². The van der Waals surface area contributed by atoms with E-state index < -0.39 is 0 Å². The summed E-state index contributed by atoms with van der Waals surface area (Å²) in [5, 5.41) is 8.81. The van der Waals surface area contributed by atoms with Crippen LogP contribution in [0.4, 0.5) is 0 Å². The topological polar surface area (TPSA) is 38.7 Å². The largest absolute Gasteiger partial charge is 0.394 e. The van der Waals surface area contributed by atoms with Crippen LogP contribution in [0.25, 0.3) is 0 Å². The molecule has 3 heteroatoms. The van der Waals surface area contributed by atoms with Gasteiger partial charge in [-0.05, 0) is 13.3 Å². The summed E-state index contributed by atoms with van der Waals surface area (Å²) in [5.74, 6) is 0. The van der Waals surface area contributed by atoms with Crippen molar-refractivity contribution in [2.45, 2.75) is 32.8 Å². The van der Waals surface area contributed by atoms with Crippen LogP contribution in [-0.2, 0) is 9.47 Å². The molecule has 0 aliphatic heterocycles. The van der Waals surface area contributed by atoms with Gasteiger partial charge in [0.1, 0.15) is 6.10 Å². The molecule has 0 aromatic rings. The predicted octanol–water partition coefficient (Wildman–Crippen LogP) is 1.20. The summed E-state index contributed by atoms with van der Waals surface area (Å²) >= 11 is 0. The van der Waals surface area contributed by atoms with Gasteiger partial charge in [0.2, 0.25) is 0 Å². The average molecular weight is 176 g/mol. The molecule has 1 atom stereocenters. The summed E-state index contributed by atoms with van der Waals surface area (Å²) < 4.78 is 10.5. The Kier molecular flexibility index (Phi) is 8.88. The zero-order chi connectivity index (χ0) is 9.23. The molecule has 0 heterocycles. The van der Waals surface area contributed by atoms with E-state index in [1.807, 2.05) is 6.92 Å². The lowest BCUT2D eigenvalue weighted by molar-refractivity contribution is -0.0382. The lowest BCUT2D eigenvalue weighted by atomic mass is 10.3. The molecule has 0 amide bonds. The van der Waals surface area contributed by atoms with Crippen LogP contribution in [0.15, 0.2) is 0 Å². The third kappa shape index (κ3) is 6.58. The van der Waals surface area contributed by atoms with E-state index in [0.717, 1.165) is 19.4 Å². The van der Waals surface area contributed by atoms with Gasteiger partial charge in [-0.1, -0.05) is 13.3 Å². The zero-order valence-corrected chi connectivity index (χ0v) is 8.08. The van der Waals surface area contributed by atoms with Crippen molar-refractivity contribution in [3.63, 3.8) is 0 Å². The minimum Gasteiger partial charge on any atom is -0.394 e. The van der Waals surface area contributed by atoms with Crippen LogP contribution >= 0.6 is 0 Å². The minimum atomic E-state index is -0.146. The molecule has 0 radical (unpaired) electrons. The number of rotatable bonds is 8. The number of aliphatic hydroxyl groups excluding tert-OH is 1. The Morgan fingerprint density at radius 1 is 1.33 bits per heavy atom. The first-order chi connectivity index (χ1) is 5.85. The van der Waals surface area contributed by atoms with Crippen LogP contribution in [0.3, 0.4) is 0 Å². The van der Waals surface area contributed by atoms with E-state index in [9.17, 15) is 0 Å². The average Bonchev–Trinajstić information content (AvgIpc) is 2.10. The maximum atomic E-state index is 8.81. The summed E-state index contributed by atoms with van der Waals surface area (Å²) in [6, 6.07) is 0. The molecule has 0 aromatic heterocycles. The van der Waals surface area contributed by atoms with Crippen molar-refractivity contribution in [3.8, 4) is 0 Å². The smallest absolute Gasteiger partial charge is 0.104 e. The van der Waals surface area contributed by atoms with Gasteiger partial charge in [0.25, 0.3) is 0 Å². The molecule has 0 saturated carbocycles. The molecule has 0 rings (SSSR count). The van der Waals surface area contributed by atoms with Gasteiger partial charge in [0.15, 0.2) is 0 Å². The fourth-order valence-electron chi connectivity index (χ4n) is 0.850. The molecule has 3 nitrogen and oxygen atoms in total. The molecule has 0 fully saturated rings. The minimum absolute atomic E-state index is 0.0416. The molecule has 0 aliphatic carbocycles. The molecule has 0 spiro atoms. The maximum Gasteiger partial charge on any atom is 0.104 e. The molecule has 0 aliphatic rings. The Bertz CT molecular complexity index is 85.8. The normalized spacial score (nSPS) is 13.2. The summed E-state index contributed by atoms with van der Waals surface area (Å²) in [7, 11) is 0.